The summed E-state index contributed by atoms with van der Waals surface area (Å²) in [5, 5.41) is 12.2. The maximum atomic E-state index is 12.9. The maximum absolute atomic E-state index is 12.9. The van der Waals surface area contributed by atoms with E-state index in [4.69, 9.17) is 11.6 Å². The van der Waals surface area contributed by atoms with Gasteiger partial charge in [0, 0.05) is 10.6 Å². The van der Waals surface area contributed by atoms with Crippen molar-refractivity contribution in [1.82, 2.24) is 0 Å². The fraction of sp³-hybridized carbons (Fsp3) is 0.706. The third-order valence-electron chi connectivity index (χ3n) is 5.03. The summed E-state index contributed by atoms with van der Waals surface area (Å²) in [6.07, 6.45) is 9.85. The van der Waals surface area contributed by atoms with Crippen molar-refractivity contribution in [2.45, 2.75) is 78.5 Å². The Morgan fingerprint density at radius 3 is 2.45 bits per heavy atom. The summed E-state index contributed by atoms with van der Waals surface area (Å²) in [6, 6.07) is 2.36. The molecule has 1 heterocycles. The standard InChI is InChI=1S/C17H22ClNOS2/c18-13-8-6-12(7-9-13)16-11-21-17(15(16)10-19)22(20)14-4-2-1-3-5-14/h11-14H,1-9H2. The molecule has 0 saturated heterocycles. The molecule has 0 bridgehead atoms. The van der Waals surface area contributed by atoms with Gasteiger partial charge in [-0.3, -0.25) is 4.21 Å². The van der Waals surface area contributed by atoms with Crippen LogP contribution in [-0.4, -0.2) is 14.8 Å². The van der Waals surface area contributed by atoms with E-state index in [2.05, 4.69) is 11.4 Å². The number of thiophene rings is 1. The van der Waals surface area contributed by atoms with Gasteiger partial charge in [-0.1, -0.05) is 19.3 Å². The first-order chi connectivity index (χ1) is 10.7. The second-order valence-electron chi connectivity index (χ2n) is 6.47. The summed E-state index contributed by atoms with van der Waals surface area (Å²) in [7, 11) is -1.00. The molecule has 1 unspecified atom stereocenters. The summed E-state index contributed by atoms with van der Waals surface area (Å²) >= 11 is 7.73. The lowest BCUT2D eigenvalue weighted by Gasteiger charge is -2.25. The predicted octanol–water partition coefficient (Wildman–Crippen LogP) is 5.33. The van der Waals surface area contributed by atoms with Gasteiger partial charge in [0.1, 0.15) is 10.3 Å². The van der Waals surface area contributed by atoms with Gasteiger partial charge in [0.2, 0.25) is 0 Å². The molecule has 0 amide bonds. The Morgan fingerprint density at radius 2 is 1.82 bits per heavy atom. The first-order valence-corrected chi connectivity index (χ1v) is 10.8. The van der Waals surface area contributed by atoms with Crippen LogP contribution < -0.4 is 0 Å². The van der Waals surface area contributed by atoms with Crippen molar-refractivity contribution in [2.24, 2.45) is 0 Å². The number of halogens is 1. The molecule has 0 aromatic carbocycles. The Bertz CT molecular complexity index is 578. The van der Waals surface area contributed by atoms with Crippen molar-refractivity contribution in [3.05, 3.63) is 16.5 Å². The molecule has 0 radical (unpaired) electrons. The van der Waals surface area contributed by atoms with Gasteiger partial charge >= 0.3 is 0 Å². The van der Waals surface area contributed by atoms with E-state index < -0.39 is 10.8 Å². The van der Waals surface area contributed by atoms with Gasteiger partial charge in [-0.05, 0) is 55.4 Å². The van der Waals surface area contributed by atoms with Crippen molar-refractivity contribution in [1.29, 1.82) is 5.26 Å². The second kappa shape index (κ2) is 7.47. The SMILES string of the molecule is N#Cc1c(C2CCC(Cl)CC2)csc1S(=O)C1CCCCC1. The smallest absolute Gasteiger partial charge is 0.109 e. The van der Waals surface area contributed by atoms with E-state index in [0.717, 1.165) is 48.3 Å². The minimum atomic E-state index is -1.00. The molecule has 3 rings (SSSR count). The van der Waals surface area contributed by atoms with Crippen LogP contribution in [0.25, 0.3) is 0 Å². The van der Waals surface area contributed by atoms with Crippen LogP contribution in [0, 0.1) is 11.3 Å². The normalized spacial score (nSPS) is 28.2. The first-order valence-electron chi connectivity index (χ1n) is 8.26. The van der Waals surface area contributed by atoms with Gasteiger partial charge < -0.3 is 0 Å². The van der Waals surface area contributed by atoms with Crippen LogP contribution in [0.1, 0.15) is 74.8 Å². The lowest BCUT2D eigenvalue weighted by molar-refractivity contribution is 0.449. The zero-order chi connectivity index (χ0) is 15.5. The van der Waals surface area contributed by atoms with E-state index >= 15 is 0 Å². The summed E-state index contributed by atoms with van der Waals surface area (Å²) in [4.78, 5) is 0. The van der Waals surface area contributed by atoms with Gasteiger partial charge in [-0.15, -0.1) is 22.9 Å². The largest absolute Gasteiger partial charge is 0.253 e. The van der Waals surface area contributed by atoms with Crippen LogP contribution in [0.3, 0.4) is 0 Å². The third kappa shape index (κ3) is 3.42. The van der Waals surface area contributed by atoms with Crippen LogP contribution in [-0.2, 0) is 10.8 Å². The lowest BCUT2D eigenvalue weighted by atomic mass is 9.84. The van der Waals surface area contributed by atoms with Crippen molar-refractivity contribution < 1.29 is 4.21 Å². The van der Waals surface area contributed by atoms with Crippen molar-refractivity contribution >= 4 is 33.7 Å². The van der Waals surface area contributed by atoms with Gasteiger partial charge in [0.25, 0.3) is 0 Å². The summed E-state index contributed by atoms with van der Waals surface area (Å²) < 4.78 is 13.7. The Hall–Kier alpha value is -0.370. The number of nitriles is 1. The van der Waals surface area contributed by atoms with Crippen LogP contribution in [0.2, 0.25) is 0 Å². The van der Waals surface area contributed by atoms with Crippen LogP contribution in [0.15, 0.2) is 9.59 Å². The molecule has 2 fully saturated rings. The highest BCUT2D eigenvalue weighted by Gasteiger charge is 2.29. The second-order valence-corrected chi connectivity index (χ2v) is 9.90. The number of hydrogen-bond acceptors (Lipinski definition) is 3. The van der Waals surface area contributed by atoms with Gasteiger partial charge in [0.15, 0.2) is 0 Å². The van der Waals surface area contributed by atoms with Crippen LogP contribution in [0.5, 0.6) is 0 Å². The first kappa shape index (κ1) is 16.5. The van der Waals surface area contributed by atoms with E-state index in [0.29, 0.717) is 11.5 Å². The van der Waals surface area contributed by atoms with E-state index in [9.17, 15) is 9.47 Å². The Balaban J connectivity index is 1.81. The van der Waals surface area contributed by atoms with E-state index in [1.807, 2.05) is 0 Å². The minimum Gasteiger partial charge on any atom is -0.253 e. The predicted molar refractivity (Wildman–Crippen MR) is 93.2 cm³/mol. The average molecular weight is 356 g/mol. The molecule has 120 valence electrons. The summed E-state index contributed by atoms with van der Waals surface area (Å²) in [5.74, 6) is 0.429. The van der Waals surface area contributed by atoms with Crippen LogP contribution >= 0.6 is 22.9 Å². The van der Waals surface area contributed by atoms with E-state index in [-0.39, 0.29) is 10.6 Å². The molecule has 2 saturated carbocycles. The van der Waals surface area contributed by atoms with Gasteiger partial charge in [-0.25, -0.2) is 0 Å². The number of rotatable bonds is 3. The monoisotopic (exact) mass is 355 g/mol. The third-order valence-corrected chi connectivity index (χ3v) is 8.69. The highest BCUT2D eigenvalue weighted by molar-refractivity contribution is 7.88. The molecular formula is C17H22ClNOS2. The Kier molecular flexibility index (Phi) is 5.60. The Labute approximate surface area is 144 Å². The highest BCUT2D eigenvalue weighted by Crippen LogP contribution is 2.41. The van der Waals surface area contributed by atoms with Gasteiger partial charge in [-0.2, -0.15) is 5.26 Å². The molecule has 1 aromatic rings. The highest BCUT2D eigenvalue weighted by atomic mass is 35.5. The fourth-order valence-electron chi connectivity index (χ4n) is 3.71. The van der Waals surface area contributed by atoms with Crippen LogP contribution in [0.4, 0.5) is 0 Å². The zero-order valence-electron chi connectivity index (χ0n) is 12.7. The minimum absolute atomic E-state index is 0.255. The summed E-state index contributed by atoms with van der Waals surface area (Å²) in [6.45, 7) is 0. The van der Waals surface area contributed by atoms with Crippen molar-refractivity contribution in [3.8, 4) is 6.07 Å². The molecule has 1 atom stereocenters. The molecule has 0 aliphatic heterocycles. The molecule has 2 aliphatic carbocycles. The average Bonchev–Trinajstić information content (AvgIpc) is 2.99. The number of hydrogen-bond donors (Lipinski definition) is 0. The molecule has 2 nitrogen and oxygen atoms in total. The van der Waals surface area contributed by atoms with Crippen molar-refractivity contribution in [3.63, 3.8) is 0 Å². The van der Waals surface area contributed by atoms with Crippen molar-refractivity contribution in [2.75, 3.05) is 0 Å². The fourth-order valence-corrected chi connectivity index (χ4v) is 7.14. The zero-order valence-corrected chi connectivity index (χ0v) is 15.1. The molecule has 0 spiro atoms. The molecule has 5 heteroatoms. The molecule has 2 aliphatic rings. The molecular weight excluding hydrogens is 334 g/mol. The van der Waals surface area contributed by atoms with E-state index in [1.54, 1.807) is 11.3 Å². The molecule has 1 aromatic heterocycles. The Morgan fingerprint density at radius 1 is 1.14 bits per heavy atom. The molecule has 0 N–H and O–H groups in total. The maximum Gasteiger partial charge on any atom is 0.109 e. The molecule has 22 heavy (non-hydrogen) atoms. The number of alkyl halides is 1. The quantitative estimate of drug-likeness (QED) is 0.688. The summed E-state index contributed by atoms with van der Waals surface area (Å²) in [5.41, 5.74) is 1.85. The lowest BCUT2D eigenvalue weighted by Crippen LogP contribution is -2.19. The van der Waals surface area contributed by atoms with Gasteiger partial charge in [0.05, 0.1) is 16.4 Å². The topological polar surface area (TPSA) is 40.9 Å². The van der Waals surface area contributed by atoms with E-state index in [1.165, 1.54) is 19.3 Å². The number of nitrogens with zero attached hydrogens (tertiary/aromatic N) is 1.